The van der Waals surface area contributed by atoms with Crippen LogP contribution in [0.5, 0.6) is 0 Å². The Bertz CT molecular complexity index is 294. The predicted octanol–water partition coefficient (Wildman–Crippen LogP) is 4.00. The second-order valence-electron chi connectivity index (χ2n) is 5.34. The monoisotopic (exact) mass is 208 g/mol. The second-order valence-corrected chi connectivity index (χ2v) is 9.77. The van der Waals surface area contributed by atoms with Crippen molar-refractivity contribution >= 4 is 8.32 Å². The highest BCUT2D eigenvalue weighted by Crippen LogP contribution is 2.37. The van der Waals surface area contributed by atoms with E-state index in [1.165, 1.54) is 31.4 Å². The molecule has 0 N–H and O–H groups in total. The summed E-state index contributed by atoms with van der Waals surface area (Å²) in [7, 11) is -1.38. The summed E-state index contributed by atoms with van der Waals surface area (Å²) in [6.45, 7) is 6.77. The van der Waals surface area contributed by atoms with Gasteiger partial charge in [0.2, 0.25) is 8.32 Å². The molecule has 2 aliphatic rings. The van der Waals surface area contributed by atoms with E-state index in [2.05, 4.69) is 25.7 Å². The molecule has 2 aliphatic carbocycles. The number of allylic oxidation sites excluding steroid dienone is 3. The molecule has 0 aromatic rings. The lowest BCUT2D eigenvalue weighted by Gasteiger charge is -2.20. The van der Waals surface area contributed by atoms with Gasteiger partial charge >= 0.3 is 0 Å². The molecule has 0 amide bonds. The van der Waals surface area contributed by atoms with Crippen LogP contribution in [0.4, 0.5) is 0 Å². The van der Waals surface area contributed by atoms with Crippen LogP contribution in [0.1, 0.15) is 32.1 Å². The largest absolute Gasteiger partial charge is 0.547 e. The van der Waals surface area contributed by atoms with Crippen molar-refractivity contribution in [1.82, 2.24) is 0 Å². The SMILES string of the molecule is C[Si](C)(C)OC1=CC2=C(CCCC2)C1. The molecule has 78 valence electrons. The summed E-state index contributed by atoms with van der Waals surface area (Å²) in [4.78, 5) is 0. The Hall–Kier alpha value is -0.503. The van der Waals surface area contributed by atoms with E-state index in [4.69, 9.17) is 4.43 Å². The fraction of sp³-hybridized carbons (Fsp3) is 0.667. The Balaban J connectivity index is 2.01. The third-order valence-electron chi connectivity index (χ3n) is 2.79. The van der Waals surface area contributed by atoms with E-state index < -0.39 is 8.32 Å². The van der Waals surface area contributed by atoms with Gasteiger partial charge in [-0.15, -0.1) is 0 Å². The van der Waals surface area contributed by atoms with Gasteiger partial charge in [-0.3, -0.25) is 0 Å². The van der Waals surface area contributed by atoms with Crippen molar-refractivity contribution in [3.05, 3.63) is 23.0 Å². The van der Waals surface area contributed by atoms with Gasteiger partial charge in [0.25, 0.3) is 0 Å². The molecule has 14 heavy (non-hydrogen) atoms. The molecular formula is C12H20OSi. The quantitative estimate of drug-likeness (QED) is 0.623. The topological polar surface area (TPSA) is 9.23 Å². The molecule has 0 heterocycles. The van der Waals surface area contributed by atoms with E-state index in [1.54, 1.807) is 11.1 Å². The van der Waals surface area contributed by atoms with E-state index in [-0.39, 0.29) is 0 Å². The summed E-state index contributed by atoms with van der Waals surface area (Å²) in [5.41, 5.74) is 3.24. The van der Waals surface area contributed by atoms with Gasteiger partial charge in [-0.1, -0.05) is 5.57 Å². The van der Waals surface area contributed by atoms with E-state index in [0.717, 1.165) is 6.42 Å². The lowest BCUT2D eigenvalue weighted by Crippen LogP contribution is -2.24. The van der Waals surface area contributed by atoms with Crippen molar-refractivity contribution in [1.29, 1.82) is 0 Å². The van der Waals surface area contributed by atoms with Gasteiger partial charge in [0.15, 0.2) is 0 Å². The average Bonchev–Trinajstić information content (AvgIpc) is 2.42. The van der Waals surface area contributed by atoms with Gasteiger partial charge in [0, 0.05) is 6.42 Å². The van der Waals surface area contributed by atoms with Crippen LogP contribution in [0.3, 0.4) is 0 Å². The minimum absolute atomic E-state index is 1.11. The minimum atomic E-state index is -1.38. The second kappa shape index (κ2) is 3.57. The molecule has 0 saturated heterocycles. The molecular weight excluding hydrogens is 188 g/mol. The molecule has 0 fully saturated rings. The molecule has 0 aliphatic heterocycles. The predicted molar refractivity (Wildman–Crippen MR) is 62.6 cm³/mol. The maximum atomic E-state index is 6.05. The summed E-state index contributed by atoms with van der Waals surface area (Å²) in [6.07, 6.45) is 8.77. The summed E-state index contributed by atoms with van der Waals surface area (Å²) >= 11 is 0. The highest BCUT2D eigenvalue weighted by atomic mass is 28.4. The van der Waals surface area contributed by atoms with Gasteiger partial charge in [0.1, 0.15) is 0 Å². The van der Waals surface area contributed by atoms with Crippen LogP contribution >= 0.6 is 0 Å². The van der Waals surface area contributed by atoms with E-state index in [1.807, 2.05) is 0 Å². The Morgan fingerprint density at radius 1 is 1.14 bits per heavy atom. The van der Waals surface area contributed by atoms with Gasteiger partial charge in [-0.25, -0.2) is 0 Å². The standard InChI is InChI=1S/C12H20OSi/c1-14(2,3)13-12-8-10-6-4-5-7-11(10)9-12/h8H,4-7,9H2,1-3H3. The van der Waals surface area contributed by atoms with Gasteiger partial charge in [0.05, 0.1) is 5.76 Å². The highest BCUT2D eigenvalue weighted by molar-refractivity contribution is 6.70. The molecule has 0 radical (unpaired) electrons. The van der Waals surface area contributed by atoms with Crippen LogP contribution in [-0.2, 0) is 4.43 Å². The van der Waals surface area contributed by atoms with Crippen molar-refractivity contribution < 1.29 is 4.43 Å². The van der Waals surface area contributed by atoms with E-state index in [9.17, 15) is 0 Å². The maximum Gasteiger partial charge on any atom is 0.241 e. The zero-order valence-electron chi connectivity index (χ0n) is 9.52. The molecule has 1 nitrogen and oxygen atoms in total. The van der Waals surface area contributed by atoms with Crippen molar-refractivity contribution in [3.8, 4) is 0 Å². The van der Waals surface area contributed by atoms with Crippen LogP contribution in [0.15, 0.2) is 23.0 Å². The Morgan fingerprint density at radius 2 is 1.86 bits per heavy atom. The van der Waals surface area contributed by atoms with Crippen molar-refractivity contribution in [2.75, 3.05) is 0 Å². The highest BCUT2D eigenvalue weighted by Gasteiger charge is 2.24. The van der Waals surface area contributed by atoms with Gasteiger partial charge < -0.3 is 4.43 Å². The van der Waals surface area contributed by atoms with Gasteiger partial charge in [-0.2, -0.15) is 0 Å². The molecule has 0 bridgehead atoms. The molecule has 0 aromatic carbocycles. The Morgan fingerprint density at radius 3 is 2.50 bits per heavy atom. The normalized spacial score (nSPS) is 22.1. The minimum Gasteiger partial charge on any atom is -0.547 e. The zero-order chi connectivity index (χ0) is 10.2. The zero-order valence-corrected chi connectivity index (χ0v) is 10.5. The third-order valence-corrected chi connectivity index (χ3v) is 3.66. The van der Waals surface area contributed by atoms with E-state index in [0.29, 0.717) is 0 Å². The molecule has 0 unspecified atom stereocenters. The van der Waals surface area contributed by atoms with Crippen LogP contribution < -0.4 is 0 Å². The number of hydrogen-bond donors (Lipinski definition) is 0. The molecule has 2 heteroatoms. The summed E-state index contributed by atoms with van der Waals surface area (Å²) < 4.78 is 6.05. The summed E-state index contributed by atoms with van der Waals surface area (Å²) in [5, 5.41) is 0. The van der Waals surface area contributed by atoms with Crippen molar-refractivity contribution in [3.63, 3.8) is 0 Å². The third kappa shape index (κ3) is 2.29. The first-order chi connectivity index (χ1) is 6.54. The first-order valence-electron chi connectivity index (χ1n) is 5.65. The average molecular weight is 208 g/mol. The number of hydrogen-bond acceptors (Lipinski definition) is 1. The van der Waals surface area contributed by atoms with E-state index >= 15 is 0 Å². The van der Waals surface area contributed by atoms with Crippen LogP contribution in [0, 0.1) is 0 Å². The molecule has 0 saturated carbocycles. The fourth-order valence-electron chi connectivity index (χ4n) is 2.28. The maximum absolute atomic E-state index is 6.05. The summed E-state index contributed by atoms with van der Waals surface area (Å²) in [5.74, 6) is 1.25. The molecule has 0 atom stereocenters. The molecule has 0 aromatic heterocycles. The smallest absolute Gasteiger partial charge is 0.241 e. The first kappa shape index (κ1) is 10.0. The van der Waals surface area contributed by atoms with Crippen LogP contribution in [-0.4, -0.2) is 8.32 Å². The first-order valence-corrected chi connectivity index (χ1v) is 9.06. The lowest BCUT2D eigenvalue weighted by molar-refractivity contribution is 0.411. The van der Waals surface area contributed by atoms with Crippen molar-refractivity contribution in [2.45, 2.75) is 51.7 Å². The number of rotatable bonds is 2. The summed E-state index contributed by atoms with van der Waals surface area (Å²) in [6, 6.07) is 0. The molecule has 0 spiro atoms. The lowest BCUT2D eigenvalue weighted by atomic mass is 9.94. The van der Waals surface area contributed by atoms with Crippen LogP contribution in [0.2, 0.25) is 19.6 Å². The Kier molecular flexibility index (Phi) is 2.56. The van der Waals surface area contributed by atoms with Crippen LogP contribution in [0.25, 0.3) is 0 Å². The van der Waals surface area contributed by atoms with Gasteiger partial charge in [-0.05, 0) is 57.0 Å². The molecule has 2 rings (SSSR count). The van der Waals surface area contributed by atoms with Crippen molar-refractivity contribution in [2.24, 2.45) is 0 Å². The fourth-order valence-corrected chi connectivity index (χ4v) is 3.20. The Labute approximate surface area is 88.0 Å².